The minimum atomic E-state index is -0.274. The third kappa shape index (κ3) is 7.37. The van der Waals surface area contributed by atoms with Crippen LogP contribution in [0.2, 0.25) is 0 Å². The van der Waals surface area contributed by atoms with E-state index >= 15 is 0 Å². The molecule has 2 aromatic rings. The van der Waals surface area contributed by atoms with Gasteiger partial charge in [0.05, 0.1) is 5.71 Å². The lowest BCUT2D eigenvalue weighted by molar-refractivity contribution is -0.123. The van der Waals surface area contributed by atoms with Crippen molar-refractivity contribution in [1.29, 1.82) is 0 Å². The summed E-state index contributed by atoms with van der Waals surface area (Å²) in [6, 6.07) is 17.9. The molecule has 4 heteroatoms. The van der Waals surface area contributed by atoms with Gasteiger partial charge in [-0.2, -0.15) is 5.10 Å². The number of carbonyl (C=O) groups excluding carboxylic acids is 1. The Hall–Kier alpha value is -2.62. The molecule has 0 aliphatic heterocycles. The summed E-state index contributed by atoms with van der Waals surface area (Å²) in [7, 11) is 0. The van der Waals surface area contributed by atoms with Crippen LogP contribution < -0.4 is 10.2 Å². The normalized spacial score (nSPS) is 12.6. The van der Waals surface area contributed by atoms with Crippen LogP contribution in [0.15, 0.2) is 59.7 Å². The van der Waals surface area contributed by atoms with E-state index in [-0.39, 0.29) is 23.3 Å². The molecule has 0 radical (unpaired) electrons. The molecule has 0 spiro atoms. The van der Waals surface area contributed by atoms with E-state index < -0.39 is 0 Å². The summed E-state index contributed by atoms with van der Waals surface area (Å²) >= 11 is 0. The van der Waals surface area contributed by atoms with Crippen molar-refractivity contribution in [3.05, 3.63) is 65.7 Å². The molecular weight excluding hydrogens is 360 g/mol. The third-order valence-electron chi connectivity index (χ3n) is 4.74. The van der Waals surface area contributed by atoms with Gasteiger partial charge in [0.2, 0.25) is 0 Å². The van der Waals surface area contributed by atoms with E-state index in [2.05, 4.69) is 57.3 Å². The van der Waals surface area contributed by atoms with E-state index in [0.717, 1.165) is 24.1 Å². The second kappa shape index (κ2) is 9.73. The number of hydrazone groups is 1. The minimum Gasteiger partial charge on any atom is -0.484 e. The quantitative estimate of drug-likeness (QED) is 0.460. The molecule has 0 aliphatic rings. The van der Waals surface area contributed by atoms with Crippen molar-refractivity contribution in [2.24, 2.45) is 10.5 Å². The van der Waals surface area contributed by atoms with Gasteiger partial charge in [0.25, 0.3) is 5.91 Å². The molecule has 0 heterocycles. The molecule has 0 saturated heterocycles. The fourth-order valence-electron chi connectivity index (χ4n) is 3.72. The molecule has 0 saturated carbocycles. The zero-order valence-corrected chi connectivity index (χ0v) is 18.6. The topological polar surface area (TPSA) is 50.7 Å². The molecule has 0 atom stereocenters. The predicted octanol–water partition coefficient (Wildman–Crippen LogP) is 5.71. The Bertz CT molecular complexity index is 816. The van der Waals surface area contributed by atoms with Crippen LogP contribution in [0.25, 0.3) is 0 Å². The zero-order valence-electron chi connectivity index (χ0n) is 18.6. The van der Waals surface area contributed by atoms with Crippen LogP contribution in [0.1, 0.15) is 65.5 Å². The Morgan fingerprint density at radius 3 is 2.14 bits per heavy atom. The molecule has 4 nitrogen and oxygen atoms in total. The smallest absolute Gasteiger partial charge is 0.277 e. The molecule has 0 aromatic heterocycles. The summed E-state index contributed by atoms with van der Waals surface area (Å²) in [6.45, 7) is 13.2. The van der Waals surface area contributed by atoms with Crippen LogP contribution in [0.4, 0.5) is 0 Å². The molecule has 0 unspecified atom stereocenters. The fourth-order valence-corrected chi connectivity index (χ4v) is 3.72. The first kappa shape index (κ1) is 22.7. The van der Waals surface area contributed by atoms with Crippen molar-refractivity contribution < 1.29 is 9.53 Å². The number of hydrogen-bond acceptors (Lipinski definition) is 3. The van der Waals surface area contributed by atoms with Gasteiger partial charge in [0.1, 0.15) is 5.75 Å². The van der Waals surface area contributed by atoms with E-state index in [1.165, 1.54) is 5.56 Å². The average molecular weight is 395 g/mol. The highest BCUT2D eigenvalue weighted by atomic mass is 16.5. The summed E-state index contributed by atoms with van der Waals surface area (Å²) in [5.74, 6) is 0.405. The van der Waals surface area contributed by atoms with Crippen molar-refractivity contribution in [3.8, 4) is 5.75 Å². The number of nitrogens with one attached hydrogen (secondary N) is 1. The highest BCUT2D eigenvalue weighted by molar-refractivity contribution is 6.00. The van der Waals surface area contributed by atoms with E-state index in [1.807, 2.05) is 49.4 Å². The maximum atomic E-state index is 12.1. The van der Waals surface area contributed by atoms with Gasteiger partial charge in [0.15, 0.2) is 6.61 Å². The zero-order chi connectivity index (χ0) is 21.5. The van der Waals surface area contributed by atoms with E-state index in [4.69, 9.17) is 4.74 Å². The summed E-state index contributed by atoms with van der Waals surface area (Å²) in [5.41, 5.74) is 6.04. The lowest BCUT2D eigenvalue weighted by Gasteiger charge is -2.33. The van der Waals surface area contributed by atoms with Crippen LogP contribution in [-0.4, -0.2) is 18.2 Å². The summed E-state index contributed by atoms with van der Waals surface area (Å²) < 4.78 is 5.63. The Balaban J connectivity index is 1.91. The maximum absolute atomic E-state index is 12.1. The number of rotatable bonds is 8. The van der Waals surface area contributed by atoms with Gasteiger partial charge in [0, 0.05) is 0 Å². The van der Waals surface area contributed by atoms with E-state index in [9.17, 15) is 4.79 Å². The Kier molecular flexibility index (Phi) is 7.60. The summed E-state index contributed by atoms with van der Waals surface area (Å²) in [5, 5.41) is 4.24. The average Bonchev–Trinajstić information content (AvgIpc) is 2.66. The van der Waals surface area contributed by atoms with Gasteiger partial charge >= 0.3 is 0 Å². The lowest BCUT2D eigenvalue weighted by Crippen LogP contribution is -2.26. The van der Waals surface area contributed by atoms with Gasteiger partial charge in [-0.05, 0) is 46.9 Å². The first-order chi connectivity index (χ1) is 13.6. The number of carbonyl (C=O) groups is 1. The Labute approximate surface area is 175 Å². The van der Waals surface area contributed by atoms with Crippen molar-refractivity contribution >= 4 is 11.6 Å². The standard InChI is InChI=1S/C25H34N2O2/c1-7-22(19-11-9-8-10-12-19)26-27-23(28)17-29-21-15-13-20(14-16-21)25(5,6)18-24(2,3)4/h8-16H,7,17-18H2,1-6H3,(H,27,28)/b26-22+. The summed E-state index contributed by atoms with van der Waals surface area (Å²) in [6.07, 6.45) is 1.82. The molecule has 1 amide bonds. The SMILES string of the molecule is CC/C(=N\NC(=O)COc1ccc(C(C)(C)CC(C)(C)C)cc1)c1ccccc1. The number of amides is 1. The van der Waals surface area contributed by atoms with Crippen LogP contribution in [-0.2, 0) is 10.2 Å². The lowest BCUT2D eigenvalue weighted by atomic mass is 9.72. The fraction of sp³-hybridized carbons (Fsp3) is 0.440. The molecule has 2 rings (SSSR count). The molecule has 1 N–H and O–H groups in total. The number of hydrogen-bond donors (Lipinski definition) is 1. The molecule has 0 fully saturated rings. The molecule has 29 heavy (non-hydrogen) atoms. The maximum Gasteiger partial charge on any atom is 0.277 e. The second-order valence-corrected chi connectivity index (χ2v) is 9.25. The summed E-state index contributed by atoms with van der Waals surface area (Å²) in [4.78, 5) is 12.1. The first-order valence-electron chi connectivity index (χ1n) is 10.2. The number of ether oxygens (including phenoxy) is 1. The molecular formula is C25H34N2O2. The van der Waals surface area contributed by atoms with Gasteiger partial charge in [-0.3, -0.25) is 4.79 Å². The van der Waals surface area contributed by atoms with Gasteiger partial charge in [-0.25, -0.2) is 5.43 Å². The highest BCUT2D eigenvalue weighted by Crippen LogP contribution is 2.36. The highest BCUT2D eigenvalue weighted by Gasteiger charge is 2.27. The van der Waals surface area contributed by atoms with E-state index in [1.54, 1.807) is 0 Å². The second-order valence-electron chi connectivity index (χ2n) is 9.25. The third-order valence-corrected chi connectivity index (χ3v) is 4.74. The molecule has 0 bridgehead atoms. The molecule has 0 aliphatic carbocycles. The number of nitrogens with zero attached hydrogens (tertiary/aromatic N) is 1. The van der Waals surface area contributed by atoms with Gasteiger partial charge in [-0.15, -0.1) is 0 Å². The minimum absolute atomic E-state index is 0.0694. The van der Waals surface area contributed by atoms with Crippen LogP contribution in [0, 0.1) is 5.41 Å². The van der Waals surface area contributed by atoms with Crippen LogP contribution in [0.5, 0.6) is 5.75 Å². The van der Waals surface area contributed by atoms with Crippen LogP contribution >= 0.6 is 0 Å². The van der Waals surface area contributed by atoms with Crippen LogP contribution in [0.3, 0.4) is 0 Å². The van der Waals surface area contributed by atoms with Crippen molar-refractivity contribution in [3.63, 3.8) is 0 Å². The molecule has 2 aromatic carbocycles. The predicted molar refractivity (Wildman–Crippen MR) is 120 cm³/mol. The van der Waals surface area contributed by atoms with Gasteiger partial charge in [-0.1, -0.05) is 84.0 Å². The monoisotopic (exact) mass is 394 g/mol. The largest absolute Gasteiger partial charge is 0.484 e. The number of benzene rings is 2. The Morgan fingerprint density at radius 2 is 1.59 bits per heavy atom. The van der Waals surface area contributed by atoms with Crippen molar-refractivity contribution in [2.45, 2.75) is 59.8 Å². The van der Waals surface area contributed by atoms with Crippen molar-refractivity contribution in [2.75, 3.05) is 6.61 Å². The van der Waals surface area contributed by atoms with Gasteiger partial charge < -0.3 is 4.74 Å². The van der Waals surface area contributed by atoms with Crippen molar-refractivity contribution in [1.82, 2.24) is 5.43 Å². The first-order valence-corrected chi connectivity index (χ1v) is 10.2. The molecule has 156 valence electrons. The Morgan fingerprint density at radius 1 is 0.966 bits per heavy atom. The van der Waals surface area contributed by atoms with E-state index in [0.29, 0.717) is 5.75 Å².